The van der Waals surface area contributed by atoms with Crippen LogP contribution < -0.4 is 0 Å². The molecule has 9 heteroatoms. The average Bonchev–Trinajstić information content (AvgIpc) is 2.22. The summed E-state index contributed by atoms with van der Waals surface area (Å²) in [4.78, 5) is 23.4. The fraction of sp³-hybridized carbons (Fsp3) is 0.600. The highest BCUT2D eigenvalue weighted by molar-refractivity contribution is 6.39. The van der Waals surface area contributed by atoms with E-state index in [9.17, 15) is 27.2 Å². The second kappa shape index (κ2) is 6.74. The van der Waals surface area contributed by atoms with Crippen LogP contribution in [0.3, 0.4) is 0 Å². The molecule has 19 heavy (non-hydrogen) atoms. The number of ether oxygens (including phenoxy) is 1. The molecule has 0 radical (unpaired) electrons. The van der Waals surface area contributed by atoms with Gasteiger partial charge < -0.3 is 9.64 Å². The molecule has 110 valence electrons. The molecule has 0 unspecified atom stereocenters. The molecule has 4 nitrogen and oxygen atoms in total. The van der Waals surface area contributed by atoms with Crippen LogP contribution >= 0.6 is 11.6 Å². The van der Waals surface area contributed by atoms with Crippen LogP contribution in [0.1, 0.15) is 6.92 Å². The maximum Gasteiger partial charge on any atom is 0.385 e. The molecule has 0 aliphatic carbocycles. The Labute approximate surface area is 111 Å². The van der Waals surface area contributed by atoms with Gasteiger partial charge in [0.15, 0.2) is 0 Å². The largest absolute Gasteiger partial charge is 0.462 e. The van der Waals surface area contributed by atoms with Crippen LogP contribution in [-0.4, -0.2) is 49.2 Å². The standard InChI is InChI=1S/C10H12ClF4NO3/c1-4-19-9(18)5(7(17)10(11,14)15)6(8(12)13)16(2)3/h8H,4H2,1-3H3. The minimum Gasteiger partial charge on any atom is -0.462 e. The number of esters is 1. The Bertz CT molecular complexity index is 381. The predicted octanol–water partition coefficient (Wildman–Crippen LogP) is 2.03. The van der Waals surface area contributed by atoms with Crippen molar-refractivity contribution in [2.75, 3.05) is 20.7 Å². The molecule has 0 saturated heterocycles. The van der Waals surface area contributed by atoms with Crippen LogP contribution in [0.15, 0.2) is 11.3 Å². The van der Waals surface area contributed by atoms with Crippen molar-refractivity contribution in [1.29, 1.82) is 0 Å². The quantitative estimate of drug-likeness (QED) is 0.188. The zero-order valence-electron chi connectivity index (χ0n) is 10.3. The van der Waals surface area contributed by atoms with E-state index in [1.54, 1.807) is 0 Å². The Morgan fingerprint density at radius 3 is 2.05 bits per heavy atom. The number of nitrogens with zero attached hydrogens (tertiary/aromatic N) is 1. The van der Waals surface area contributed by atoms with E-state index in [0.717, 1.165) is 14.1 Å². The summed E-state index contributed by atoms with van der Waals surface area (Å²) in [6, 6.07) is 0. The van der Waals surface area contributed by atoms with Gasteiger partial charge in [-0.15, -0.1) is 0 Å². The van der Waals surface area contributed by atoms with Gasteiger partial charge in [-0.05, 0) is 18.5 Å². The van der Waals surface area contributed by atoms with Crippen molar-refractivity contribution >= 4 is 23.4 Å². The van der Waals surface area contributed by atoms with Crippen LogP contribution in [0.4, 0.5) is 17.6 Å². The minimum atomic E-state index is -4.47. The van der Waals surface area contributed by atoms with Crippen LogP contribution in [0, 0.1) is 0 Å². The Morgan fingerprint density at radius 2 is 1.79 bits per heavy atom. The Hall–Kier alpha value is -1.31. The molecule has 0 rings (SSSR count). The molecule has 0 spiro atoms. The van der Waals surface area contributed by atoms with Gasteiger partial charge in [0.1, 0.15) is 5.57 Å². The van der Waals surface area contributed by atoms with E-state index >= 15 is 0 Å². The Balaban J connectivity index is 5.95. The summed E-state index contributed by atoms with van der Waals surface area (Å²) >= 11 is 4.49. The monoisotopic (exact) mass is 305 g/mol. The third kappa shape index (κ3) is 4.70. The number of halogens is 5. The molecular weight excluding hydrogens is 294 g/mol. The zero-order valence-corrected chi connectivity index (χ0v) is 11.1. The number of carbonyl (C=O) groups is 2. The third-order valence-electron chi connectivity index (χ3n) is 1.91. The molecule has 0 aliphatic heterocycles. The van der Waals surface area contributed by atoms with Crippen molar-refractivity contribution < 1.29 is 31.9 Å². The summed E-state index contributed by atoms with van der Waals surface area (Å²) in [6.07, 6.45) is -3.32. The molecule has 0 fully saturated rings. The van der Waals surface area contributed by atoms with E-state index in [1.165, 1.54) is 6.92 Å². The smallest absolute Gasteiger partial charge is 0.385 e. The summed E-state index contributed by atoms with van der Waals surface area (Å²) in [5.74, 6) is -3.80. The third-order valence-corrected chi connectivity index (χ3v) is 2.08. The fourth-order valence-corrected chi connectivity index (χ4v) is 1.28. The first-order chi connectivity index (χ1) is 8.53. The lowest BCUT2D eigenvalue weighted by molar-refractivity contribution is -0.143. The van der Waals surface area contributed by atoms with E-state index in [0.29, 0.717) is 4.90 Å². The number of hydrogen-bond acceptors (Lipinski definition) is 4. The highest BCUT2D eigenvalue weighted by Gasteiger charge is 2.44. The maximum atomic E-state index is 12.8. The normalized spacial score (nSPS) is 13.1. The Morgan fingerprint density at radius 1 is 1.32 bits per heavy atom. The van der Waals surface area contributed by atoms with Gasteiger partial charge >= 0.3 is 11.4 Å². The summed E-state index contributed by atoms with van der Waals surface area (Å²) in [5, 5.41) is -4.47. The van der Waals surface area contributed by atoms with Crippen molar-refractivity contribution in [2.24, 2.45) is 0 Å². The van der Waals surface area contributed by atoms with Gasteiger partial charge in [0.05, 0.1) is 12.3 Å². The fourth-order valence-electron chi connectivity index (χ4n) is 1.19. The number of allylic oxidation sites excluding steroid dienone is 1. The van der Waals surface area contributed by atoms with Gasteiger partial charge in [-0.1, -0.05) is 0 Å². The van der Waals surface area contributed by atoms with Gasteiger partial charge in [0, 0.05) is 14.1 Å². The number of Topliss-reactive ketones (excluding diaryl/α,β-unsaturated/α-hetero) is 1. The topological polar surface area (TPSA) is 46.6 Å². The van der Waals surface area contributed by atoms with Crippen LogP contribution in [-0.2, 0) is 14.3 Å². The molecule has 0 bridgehead atoms. The van der Waals surface area contributed by atoms with Crippen molar-refractivity contribution in [3.63, 3.8) is 0 Å². The molecule has 0 aromatic rings. The molecule has 0 heterocycles. The highest BCUT2D eigenvalue weighted by Crippen LogP contribution is 2.28. The summed E-state index contributed by atoms with van der Waals surface area (Å²) < 4.78 is 55.5. The molecule has 0 saturated carbocycles. The highest BCUT2D eigenvalue weighted by atomic mass is 35.5. The number of alkyl halides is 5. The summed E-state index contributed by atoms with van der Waals surface area (Å²) in [7, 11) is 2.14. The SMILES string of the molecule is CCOC(=O)C(C(=O)C(F)(F)Cl)=C(C(F)F)N(C)C. The summed E-state index contributed by atoms with van der Waals surface area (Å²) in [6.45, 7) is 1.06. The molecular formula is C10H12ClF4NO3. The van der Waals surface area contributed by atoms with E-state index in [4.69, 9.17) is 0 Å². The zero-order chi connectivity index (χ0) is 15.4. The van der Waals surface area contributed by atoms with Crippen molar-refractivity contribution in [2.45, 2.75) is 18.7 Å². The van der Waals surface area contributed by atoms with E-state index in [2.05, 4.69) is 16.3 Å². The molecule has 0 N–H and O–H groups in total. The lowest BCUT2D eigenvalue weighted by Gasteiger charge is -2.20. The molecule has 0 atom stereocenters. The number of ketones is 1. The molecule has 0 aliphatic rings. The average molecular weight is 306 g/mol. The van der Waals surface area contributed by atoms with Crippen LogP contribution in [0.2, 0.25) is 0 Å². The van der Waals surface area contributed by atoms with E-state index in [-0.39, 0.29) is 6.61 Å². The predicted molar refractivity (Wildman–Crippen MR) is 59.2 cm³/mol. The first-order valence-electron chi connectivity index (χ1n) is 5.02. The van der Waals surface area contributed by atoms with Crippen molar-refractivity contribution in [3.05, 3.63) is 11.3 Å². The molecule has 0 amide bonds. The van der Waals surface area contributed by atoms with Gasteiger partial charge in [0.2, 0.25) is 0 Å². The number of hydrogen-bond donors (Lipinski definition) is 0. The van der Waals surface area contributed by atoms with Gasteiger partial charge in [-0.3, -0.25) is 4.79 Å². The lowest BCUT2D eigenvalue weighted by atomic mass is 10.1. The first-order valence-corrected chi connectivity index (χ1v) is 5.40. The van der Waals surface area contributed by atoms with Crippen LogP contribution in [0.5, 0.6) is 0 Å². The van der Waals surface area contributed by atoms with Gasteiger partial charge in [0.25, 0.3) is 12.2 Å². The molecule has 0 aromatic heterocycles. The number of carbonyl (C=O) groups excluding carboxylic acids is 2. The van der Waals surface area contributed by atoms with E-state index in [1.807, 2.05) is 0 Å². The van der Waals surface area contributed by atoms with Crippen molar-refractivity contribution in [3.8, 4) is 0 Å². The lowest BCUT2D eigenvalue weighted by Crippen LogP contribution is -2.34. The van der Waals surface area contributed by atoms with Crippen LogP contribution in [0.25, 0.3) is 0 Å². The number of rotatable bonds is 6. The Kier molecular flexibility index (Phi) is 6.28. The minimum absolute atomic E-state index is 0.270. The first kappa shape index (κ1) is 17.7. The van der Waals surface area contributed by atoms with Crippen molar-refractivity contribution in [1.82, 2.24) is 4.90 Å². The second-order valence-corrected chi connectivity index (χ2v) is 3.98. The van der Waals surface area contributed by atoms with Gasteiger partial charge in [-0.25, -0.2) is 13.6 Å². The van der Waals surface area contributed by atoms with Gasteiger partial charge in [-0.2, -0.15) is 8.78 Å². The summed E-state index contributed by atoms with van der Waals surface area (Å²) in [5.41, 5.74) is -2.63. The van der Waals surface area contributed by atoms with E-state index < -0.39 is 34.8 Å². The molecule has 0 aromatic carbocycles. The second-order valence-electron chi connectivity index (χ2n) is 3.50. The maximum absolute atomic E-state index is 12.8.